The maximum Gasteiger partial charge on any atom is 0.303 e. The molecule has 0 unspecified atom stereocenters. The Bertz CT molecular complexity index is 1570. The molecule has 0 saturated carbocycles. The van der Waals surface area contributed by atoms with Crippen LogP contribution in [0.4, 0.5) is 0 Å². The summed E-state index contributed by atoms with van der Waals surface area (Å²) < 4.78 is 29.1. The van der Waals surface area contributed by atoms with Crippen molar-refractivity contribution < 1.29 is 42.9 Å². The van der Waals surface area contributed by atoms with Crippen molar-refractivity contribution in [3.63, 3.8) is 0 Å². The maximum absolute atomic E-state index is 14.2. The molecule has 0 aliphatic carbocycles. The molecular formula is C28H26N2O10S2. The van der Waals surface area contributed by atoms with Gasteiger partial charge in [0.2, 0.25) is 0 Å². The van der Waals surface area contributed by atoms with E-state index in [9.17, 15) is 29.2 Å². The zero-order valence-electron chi connectivity index (χ0n) is 22.9. The highest BCUT2D eigenvalue weighted by Crippen LogP contribution is 2.39. The lowest BCUT2D eigenvalue weighted by molar-refractivity contribution is -0.268. The van der Waals surface area contributed by atoms with Crippen molar-refractivity contribution in [1.82, 2.24) is 4.57 Å². The molecule has 0 N–H and O–H groups in total. The standard InChI is InChI=1S/C28H26N2O10S2/c1-14(31)36-13-21-24(37-15(2)32)25(38-16(3)33)26(39-17(4)34)28(40-21)30-20(23-8-6-10-42-23)11-18(19(12-29)27(30)35)22-7-5-9-41-22/h5-11,21,24-26,28H,13H2,1-4H3/t21-,24-,25+,26-,28-/m1/s1. The first-order chi connectivity index (χ1) is 20.0. The SMILES string of the molecule is CC(=O)OC[C@H]1O[C@@H](n2c(-c3cccs3)cc(-c3cccs3)c(C#N)c2=O)[C@H](OC(C)=O)[C@@H](OC(C)=O)[C@@H]1OC(C)=O. The van der Waals surface area contributed by atoms with Crippen LogP contribution in [0.2, 0.25) is 0 Å². The topological polar surface area (TPSA) is 160 Å². The van der Waals surface area contributed by atoms with Gasteiger partial charge in [-0.05, 0) is 29.0 Å². The Balaban J connectivity index is 2.01. The Morgan fingerprint density at radius 3 is 1.98 bits per heavy atom. The van der Waals surface area contributed by atoms with E-state index in [-0.39, 0.29) is 5.56 Å². The van der Waals surface area contributed by atoms with E-state index < -0.39 is 66.7 Å². The number of esters is 4. The number of ether oxygens (including phenoxy) is 5. The number of hydrogen-bond donors (Lipinski definition) is 0. The predicted octanol–water partition coefficient (Wildman–Crippen LogP) is 3.43. The van der Waals surface area contributed by atoms with Crippen LogP contribution < -0.4 is 5.56 Å². The smallest absolute Gasteiger partial charge is 0.303 e. The molecule has 1 fully saturated rings. The third kappa shape index (κ3) is 6.59. The van der Waals surface area contributed by atoms with Crippen molar-refractivity contribution in [3.8, 4) is 27.1 Å². The Kier molecular flexibility index (Phi) is 9.56. The third-order valence-electron chi connectivity index (χ3n) is 6.14. The van der Waals surface area contributed by atoms with Crippen LogP contribution in [0.25, 0.3) is 21.0 Å². The summed E-state index contributed by atoms with van der Waals surface area (Å²) in [6.07, 6.45) is -7.20. The minimum atomic E-state index is -1.53. The number of carbonyl (C=O) groups excluding carboxylic acids is 4. The van der Waals surface area contributed by atoms with Crippen LogP contribution in [0.15, 0.2) is 45.9 Å². The minimum absolute atomic E-state index is 0.203. The van der Waals surface area contributed by atoms with Crippen LogP contribution in [0.1, 0.15) is 39.5 Å². The Morgan fingerprint density at radius 2 is 1.45 bits per heavy atom. The maximum atomic E-state index is 14.2. The number of thiophene rings is 2. The lowest BCUT2D eigenvalue weighted by atomic mass is 9.96. The summed E-state index contributed by atoms with van der Waals surface area (Å²) in [4.78, 5) is 63.8. The molecule has 0 radical (unpaired) electrons. The first-order valence-corrected chi connectivity index (χ1v) is 14.4. The molecule has 1 saturated heterocycles. The number of hydrogen-bond acceptors (Lipinski definition) is 13. The molecule has 42 heavy (non-hydrogen) atoms. The molecule has 1 aliphatic rings. The Hall–Kier alpha value is -4.32. The molecule has 1 aliphatic heterocycles. The fourth-order valence-electron chi connectivity index (χ4n) is 4.64. The highest BCUT2D eigenvalue weighted by atomic mass is 32.1. The summed E-state index contributed by atoms with van der Waals surface area (Å²) in [5.74, 6) is -3.08. The minimum Gasteiger partial charge on any atom is -0.463 e. The van der Waals surface area contributed by atoms with E-state index >= 15 is 0 Å². The molecule has 0 spiro atoms. The second-order valence-corrected chi connectivity index (χ2v) is 11.0. The van der Waals surface area contributed by atoms with Gasteiger partial charge in [-0.1, -0.05) is 12.1 Å². The number of pyridine rings is 1. The van der Waals surface area contributed by atoms with Crippen molar-refractivity contribution >= 4 is 46.6 Å². The van der Waals surface area contributed by atoms with E-state index in [0.29, 0.717) is 21.0 Å². The Morgan fingerprint density at radius 1 is 0.881 bits per heavy atom. The first-order valence-electron chi connectivity index (χ1n) is 12.6. The van der Waals surface area contributed by atoms with Gasteiger partial charge < -0.3 is 23.7 Å². The summed E-state index contributed by atoms with van der Waals surface area (Å²) >= 11 is 2.65. The monoisotopic (exact) mass is 614 g/mol. The molecule has 4 heterocycles. The molecule has 0 bridgehead atoms. The summed E-state index contributed by atoms with van der Waals surface area (Å²) in [5.41, 5.74) is -0.264. The molecule has 3 aromatic rings. The molecular weight excluding hydrogens is 588 g/mol. The van der Waals surface area contributed by atoms with E-state index in [1.165, 1.54) is 22.7 Å². The number of carbonyl (C=O) groups is 4. The van der Waals surface area contributed by atoms with Gasteiger partial charge in [-0.15, -0.1) is 22.7 Å². The lowest BCUT2D eigenvalue weighted by Gasteiger charge is -2.45. The van der Waals surface area contributed by atoms with Crippen LogP contribution in [0.3, 0.4) is 0 Å². The second kappa shape index (κ2) is 13.1. The van der Waals surface area contributed by atoms with Crippen LogP contribution in [-0.2, 0) is 42.9 Å². The molecule has 4 rings (SSSR count). The molecule has 14 heteroatoms. The van der Waals surface area contributed by atoms with E-state index in [4.69, 9.17) is 23.7 Å². The highest BCUT2D eigenvalue weighted by molar-refractivity contribution is 7.14. The number of aromatic nitrogens is 1. The van der Waals surface area contributed by atoms with Crippen molar-refractivity contribution in [2.75, 3.05) is 6.61 Å². The van der Waals surface area contributed by atoms with Crippen molar-refractivity contribution in [1.29, 1.82) is 5.26 Å². The van der Waals surface area contributed by atoms with E-state index in [1.807, 2.05) is 11.4 Å². The average Bonchev–Trinajstić information content (AvgIpc) is 3.64. The number of nitriles is 1. The van der Waals surface area contributed by atoms with Gasteiger partial charge in [-0.25, -0.2) is 0 Å². The van der Waals surface area contributed by atoms with Crippen LogP contribution in [0.5, 0.6) is 0 Å². The third-order valence-corrected chi connectivity index (χ3v) is 7.93. The van der Waals surface area contributed by atoms with Gasteiger partial charge >= 0.3 is 23.9 Å². The van der Waals surface area contributed by atoms with Crippen LogP contribution in [0, 0.1) is 11.3 Å². The molecule has 12 nitrogen and oxygen atoms in total. The molecule has 220 valence electrons. The zero-order chi connectivity index (χ0) is 30.6. The number of rotatable bonds is 8. The first kappa shape index (κ1) is 30.6. The van der Waals surface area contributed by atoms with Gasteiger partial charge in [0, 0.05) is 38.1 Å². The van der Waals surface area contributed by atoms with Crippen LogP contribution in [-0.4, -0.2) is 59.5 Å². The molecule has 0 amide bonds. The average molecular weight is 615 g/mol. The van der Waals surface area contributed by atoms with Crippen molar-refractivity contribution in [2.24, 2.45) is 0 Å². The van der Waals surface area contributed by atoms with Gasteiger partial charge in [0.25, 0.3) is 5.56 Å². The van der Waals surface area contributed by atoms with E-state index in [0.717, 1.165) is 32.3 Å². The van der Waals surface area contributed by atoms with Gasteiger partial charge in [-0.2, -0.15) is 5.26 Å². The largest absolute Gasteiger partial charge is 0.463 e. The van der Waals surface area contributed by atoms with E-state index in [1.54, 1.807) is 35.7 Å². The van der Waals surface area contributed by atoms with Gasteiger partial charge in [-0.3, -0.25) is 28.5 Å². The summed E-state index contributed by atoms with van der Waals surface area (Å²) in [6.45, 7) is 4.03. The fourth-order valence-corrected chi connectivity index (χ4v) is 6.13. The van der Waals surface area contributed by atoms with Gasteiger partial charge in [0.05, 0.1) is 10.6 Å². The Labute approximate surface area is 247 Å². The van der Waals surface area contributed by atoms with Crippen LogP contribution >= 0.6 is 22.7 Å². The predicted molar refractivity (Wildman–Crippen MR) is 149 cm³/mol. The van der Waals surface area contributed by atoms with Crippen molar-refractivity contribution in [2.45, 2.75) is 58.3 Å². The lowest BCUT2D eigenvalue weighted by Crippen LogP contribution is -2.61. The zero-order valence-corrected chi connectivity index (χ0v) is 24.6. The van der Waals surface area contributed by atoms with Gasteiger partial charge in [0.1, 0.15) is 24.3 Å². The molecule has 0 aromatic carbocycles. The van der Waals surface area contributed by atoms with E-state index in [2.05, 4.69) is 0 Å². The quantitative estimate of drug-likeness (QED) is 0.270. The molecule has 5 atom stereocenters. The summed E-state index contributed by atoms with van der Waals surface area (Å²) in [5, 5.41) is 13.7. The second-order valence-electron chi connectivity index (χ2n) is 9.15. The number of nitrogens with zero attached hydrogens (tertiary/aromatic N) is 2. The van der Waals surface area contributed by atoms with Crippen molar-refractivity contribution in [3.05, 3.63) is 57.0 Å². The van der Waals surface area contributed by atoms with Gasteiger partial charge in [0.15, 0.2) is 24.5 Å². The highest BCUT2D eigenvalue weighted by Gasteiger charge is 2.53. The summed E-state index contributed by atoms with van der Waals surface area (Å²) in [6, 6.07) is 10.7. The normalized spacial score (nSPS) is 21.5. The molecule has 3 aromatic heterocycles. The summed E-state index contributed by atoms with van der Waals surface area (Å²) in [7, 11) is 0. The fraction of sp³-hybridized carbons (Fsp3) is 0.357.